The van der Waals surface area contributed by atoms with E-state index < -0.39 is 8.32 Å². The van der Waals surface area contributed by atoms with Gasteiger partial charge in [0.1, 0.15) is 17.3 Å². The van der Waals surface area contributed by atoms with Gasteiger partial charge in [-0.15, -0.1) is 0 Å². The van der Waals surface area contributed by atoms with Crippen molar-refractivity contribution in [3.63, 3.8) is 0 Å². The van der Waals surface area contributed by atoms with E-state index in [1.165, 1.54) is 0 Å². The van der Waals surface area contributed by atoms with Crippen LogP contribution >= 0.6 is 0 Å². The van der Waals surface area contributed by atoms with E-state index in [0.29, 0.717) is 0 Å². The highest BCUT2D eigenvalue weighted by Crippen LogP contribution is 2.38. The minimum absolute atomic E-state index is 0.183. The van der Waals surface area contributed by atoms with Crippen molar-refractivity contribution in [1.29, 1.82) is 0 Å². The second-order valence-corrected chi connectivity index (χ2v) is 12.7. The van der Waals surface area contributed by atoms with Crippen molar-refractivity contribution in [2.24, 2.45) is 0 Å². The fraction of sp³-hybridized carbons (Fsp3) is 0.429. The van der Waals surface area contributed by atoms with Crippen molar-refractivity contribution in [3.8, 4) is 5.75 Å². The molecule has 2 nitrogen and oxygen atoms in total. The van der Waals surface area contributed by atoms with Gasteiger partial charge in [0.05, 0.1) is 0 Å². The molecule has 1 heterocycles. The number of benzene rings is 1. The molecule has 3 heteroatoms. The quantitative estimate of drug-likeness (QED) is 0.558. The third-order valence-electron chi connectivity index (χ3n) is 4.86. The molecule has 2 rings (SSSR count). The molecule has 1 aromatic heterocycles. The molecule has 0 spiro atoms. The number of hydrogen-bond donors (Lipinski definition) is 0. The molecule has 0 amide bonds. The van der Waals surface area contributed by atoms with Crippen LogP contribution < -0.4 is 4.43 Å². The number of rotatable bonds is 5. The molecule has 1 unspecified atom stereocenters. The Morgan fingerprint density at radius 1 is 1.08 bits per heavy atom. The second-order valence-electron chi connectivity index (χ2n) is 8.00. The molecule has 0 N–H and O–H groups in total. The lowest BCUT2D eigenvalue weighted by molar-refractivity contribution is 0.474. The lowest BCUT2D eigenvalue weighted by atomic mass is 10.1. The zero-order valence-corrected chi connectivity index (χ0v) is 17.0. The first-order valence-corrected chi connectivity index (χ1v) is 11.5. The van der Waals surface area contributed by atoms with Gasteiger partial charge in [-0.1, -0.05) is 58.0 Å². The SMILES string of the molecule is Cc1ccc(C(C)/C=C/c2ccccc2O[Si](C)(C)C(C)(C)C)o1. The number of allylic oxidation sites excluding steroid dienone is 1. The van der Waals surface area contributed by atoms with Crippen molar-refractivity contribution in [3.05, 3.63) is 59.6 Å². The van der Waals surface area contributed by atoms with Crippen molar-refractivity contribution >= 4 is 14.4 Å². The summed E-state index contributed by atoms with van der Waals surface area (Å²) < 4.78 is 12.2. The molecule has 0 aliphatic carbocycles. The van der Waals surface area contributed by atoms with Gasteiger partial charge < -0.3 is 8.84 Å². The van der Waals surface area contributed by atoms with Crippen molar-refractivity contribution in [2.45, 2.75) is 58.7 Å². The normalized spacial score (nSPS) is 14.1. The van der Waals surface area contributed by atoms with Crippen LogP contribution in [-0.4, -0.2) is 8.32 Å². The Morgan fingerprint density at radius 2 is 1.75 bits per heavy atom. The first-order chi connectivity index (χ1) is 11.1. The third-order valence-corrected chi connectivity index (χ3v) is 9.21. The highest BCUT2D eigenvalue weighted by Gasteiger charge is 2.39. The molecular weight excluding hydrogens is 312 g/mol. The Balaban J connectivity index is 2.21. The van der Waals surface area contributed by atoms with E-state index in [1.807, 2.05) is 25.1 Å². The van der Waals surface area contributed by atoms with E-state index in [0.717, 1.165) is 22.8 Å². The smallest absolute Gasteiger partial charge is 0.250 e. The zero-order chi connectivity index (χ0) is 18.0. The summed E-state index contributed by atoms with van der Waals surface area (Å²) in [4.78, 5) is 0. The Kier molecular flexibility index (Phi) is 5.44. The minimum atomic E-state index is -1.85. The fourth-order valence-electron chi connectivity index (χ4n) is 2.18. The molecule has 1 aromatic carbocycles. The Morgan fingerprint density at radius 3 is 2.33 bits per heavy atom. The molecule has 1 atom stereocenters. The largest absolute Gasteiger partial charge is 0.543 e. The molecule has 24 heavy (non-hydrogen) atoms. The summed E-state index contributed by atoms with van der Waals surface area (Å²) in [6, 6.07) is 12.3. The van der Waals surface area contributed by atoms with Gasteiger partial charge in [-0.25, -0.2) is 0 Å². The summed E-state index contributed by atoms with van der Waals surface area (Å²) in [5.74, 6) is 3.15. The van der Waals surface area contributed by atoms with Crippen molar-refractivity contribution in [2.75, 3.05) is 0 Å². The van der Waals surface area contributed by atoms with Crippen LogP contribution in [0.25, 0.3) is 6.08 Å². The maximum Gasteiger partial charge on any atom is 0.250 e. The standard InChI is InChI=1S/C21H30O2Si/c1-16(19-15-13-17(2)22-19)12-14-18-10-8-9-11-20(18)23-24(6,7)21(3,4)5/h8-16H,1-7H3/b14-12+. The lowest BCUT2D eigenvalue weighted by Crippen LogP contribution is -2.44. The van der Waals surface area contributed by atoms with Crippen LogP contribution in [0.2, 0.25) is 18.1 Å². The predicted octanol–water partition coefficient (Wildman–Crippen LogP) is 6.79. The van der Waals surface area contributed by atoms with Crippen molar-refractivity contribution in [1.82, 2.24) is 0 Å². The molecule has 0 aliphatic heterocycles. The van der Waals surface area contributed by atoms with Crippen LogP contribution in [0.15, 0.2) is 46.9 Å². The van der Waals surface area contributed by atoms with Gasteiger partial charge in [0.15, 0.2) is 0 Å². The minimum Gasteiger partial charge on any atom is -0.543 e. The second kappa shape index (κ2) is 7.02. The maximum atomic E-state index is 6.50. The van der Waals surface area contributed by atoms with Crippen LogP contribution in [0.3, 0.4) is 0 Å². The third kappa shape index (κ3) is 4.41. The van der Waals surface area contributed by atoms with Gasteiger partial charge in [0.25, 0.3) is 8.32 Å². The highest BCUT2D eigenvalue weighted by atomic mass is 28.4. The molecule has 130 valence electrons. The zero-order valence-electron chi connectivity index (χ0n) is 16.0. The van der Waals surface area contributed by atoms with E-state index in [4.69, 9.17) is 8.84 Å². The van der Waals surface area contributed by atoms with Crippen LogP contribution in [0, 0.1) is 6.92 Å². The van der Waals surface area contributed by atoms with Gasteiger partial charge in [-0.3, -0.25) is 0 Å². The monoisotopic (exact) mass is 342 g/mol. The Bertz CT molecular complexity index is 705. The number of hydrogen-bond acceptors (Lipinski definition) is 2. The average Bonchev–Trinajstić information content (AvgIpc) is 2.91. The lowest BCUT2D eigenvalue weighted by Gasteiger charge is -2.36. The van der Waals surface area contributed by atoms with Crippen LogP contribution in [0.5, 0.6) is 5.75 Å². The average molecular weight is 343 g/mol. The van der Waals surface area contributed by atoms with Crippen LogP contribution in [-0.2, 0) is 0 Å². The summed E-state index contributed by atoms with van der Waals surface area (Å²) in [7, 11) is -1.85. The highest BCUT2D eigenvalue weighted by molar-refractivity contribution is 6.74. The topological polar surface area (TPSA) is 22.4 Å². The van der Waals surface area contributed by atoms with Gasteiger partial charge in [0, 0.05) is 11.5 Å². The Labute approximate surface area is 147 Å². The molecule has 2 aromatic rings. The van der Waals surface area contributed by atoms with Gasteiger partial charge in [-0.05, 0) is 43.3 Å². The van der Waals surface area contributed by atoms with Crippen LogP contribution in [0.1, 0.15) is 50.7 Å². The number of furan rings is 1. The van der Waals surface area contributed by atoms with E-state index in [9.17, 15) is 0 Å². The fourth-order valence-corrected chi connectivity index (χ4v) is 3.22. The molecular formula is C21H30O2Si. The predicted molar refractivity (Wildman–Crippen MR) is 105 cm³/mol. The summed E-state index contributed by atoms with van der Waals surface area (Å²) >= 11 is 0. The van der Waals surface area contributed by atoms with Crippen molar-refractivity contribution < 1.29 is 8.84 Å². The molecule has 0 radical (unpaired) electrons. The Hall–Kier alpha value is -1.74. The molecule has 0 fully saturated rings. The molecule has 0 aliphatic rings. The number of para-hydroxylation sites is 1. The number of aryl methyl sites for hydroxylation is 1. The van der Waals surface area contributed by atoms with E-state index in [1.54, 1.807) is 0 Å². The molecule has 0 bridgehead atoms. The van der Waals surface area contributed by atoms with Gasteiger partial charge in [-0.2, -0.15) is 0 Å². The summed E-state index contributed by atoms with van der Waals surface area (Å²) in [6.07, 6.45) is 4.32. The first kappa shape index (κ1) is 18.6. The van der Waals surface area contributed by atoms with Crippen LogP contribution in [0.4, 0.5) is 0 Å². The summed E-state index contributed by atoms with van der Waals surface area (Å²) in [5.41, 5.74) is 1.12. The summed E-state index contributed by atoms with van der Waals surface area (Å²) in [6.45, 7) is 15.5. The van der Waals surface area contributed by atoms with E-state index >= 15 is 0 Å². The van der Waals surface area contributed by atoms with E-state index in [-0.39, 0.29) is 11.0 Å². The first-order valence-electron chi connectivity index (χ1n) is 8.63. The molecule has 0 saturated heterocycles. The molecule has 0 saturated carbocycles. The van der Waals surface area contributed by atoms with E-state index in [2.05, 4.69) is 71.1 Å². The van der Waals surface area contributed by atoms with Gasteiger partial charge in [0.2, 0.25) is 0 Å². The van der Waals surface area contributed by atoms with Gasteiger partial charge >= 0.3 is 0 Å². The summed E-state index contributed by atoms with van der Waals surface area (Å²) in [5, 5.41) is 0.183. The maximum absolute atomic E-state index is 6.50.